The summed E-state index contributed by atoms with van der Waals surface area (Å²) in [5.74, 6) is -0.662. The third kappa shape index (κ3) is 6.82. The van der Waals surface area contributed by atoms with Gasteiger partial charge in [-0.15, -0.1) is 0 Å². The van der Waals surface area contributed by atoms with E-state index in [4.69, 9.17) is 21.7 Å². The second-order valence-electron chi connectivity index (χ2n) is 8.44. The smallest absolute Gasteiger partial charge is 0.270 e. The average molecular weight is 656 g/mol. The molecule has 1 aliphatic rings. The molecular weight excluding hydrogens is 629 g/mol. The number of rotatable bonds is 9. The van der Waals surface area contributed by atoms with E-state index < -0.39 is 11.8 Å². The van der Waals surface area contributed by atoms with Crippen LogP contribution in [0.25, 0.3) is 6.08 Å². The van der Waals surface area contributed by atoms with Crippen LogP contribution in [0.2, 0.25) is 0 Å². The van der Waals surface area contributed by atoms with Gasteiger partial charge in [-0.2, -0.15) is 0 Å². The molecule has 4 rings (SSSR count). The Hall–Kier alpha value is -3.77. The minimum atomic E-state index is -0.586. The van der Waals surface area contributed by atoms with Crippen LogP contribution in [-0.2, 0) is 20.8 Å². The van der Waals surface area contributed by atoms with Gasteiger partial charge in [0.25, 0.3) is 17.7 Å². The maximum Gasteiger partial charge on any atom is 0.270 e. The quantitative estimate of drug-likeness (QED) is 0.144. The minimum Gasteiger partial charge on any atom is -0.490 e. The number of benzene rings is 3. The molecule has 3 amide bonds. The van der Waals surface area contributed by atoms with Gasteiger partial charge in [-0.05, 0) is 102 Å². The minimum absolute atomic E-state index is 0.0218. The Morgan fingerprint density at radius 3 is 2.44 bits per heavy atom. The van der Waals surface area contributed by atoms with Crippen molar-refractivity contribution in [2.45, 2.75) is 20.3 Å². The Labute approximate surface area is 245 Å². The molecule has 1 aliphatic heterocycles. The molecule has 200 valence electrons. The van der Waals surface area contributed by atoms with E-state index in [1.54, 1.807) is 36.4 Å². The highest BCUT2D eigenvalue weighted by molar-refractivity contribution is 14.1. The zero-order valence-corrected chi connectivity index (χ0v) is 24.3. The first-order valence-electron chi connectivity index (χ1n) is 12.2. The summed E-state index contributed by atoms with van der Waals surface area (Å²) < 4.78 is 12.2. The summed E-state index contributed by atoms with van der Waals surface area (Å²) >= 11 is 7.37. The maximum atomic E-state index is 13.4. The molecule has 0 unspecified atom stereocenters. The lowest BCUT2D eigenvalue weighted by Crippen LogP contribution is -2.54. The van der Waals surface area contributed by atoms with Gasteiger partial charge in [0.15, 0.2) is 23.2 Å². The fraction of sp³-hybridized carbons (Fsp3) is 0.172. The lowest BCUT2D eigenvalue weighted by molar-refractivity contribution is -0.122. The van der Waals surface area contributed by atoms with Crippen LogP contribution in [0.5, 0.6) is 11.5 Å². The summed E-state index contributed by atoms with van der Waals surface area (Å²) in [7, 11) is 0. The van der Waals surface area contributed by atoms with E-state index in [0.29, 0.717) is 38.6 Å². The van der Waals surface area contributed by atoms with Crippen LogP contribution in [0.15, 0.2) is 72.3 Å². The SMILES string of the molecule is CCOc1cc(/C=C2\C(=O)NC(=S)N(c3ccc(CC)cc3)C2=O)cc(I)c1OCC(=O)Nc1ccccc1. The fourth-order valence-electron chi connectivity index (χ4n) is 3.87. The van der Waals surface area contributed by atoms with E-state index in [-0.39, 0.29) is 23.2 Å². The van der Waals surface area contributed by atoms with E-state index >= 15 is 0 Å². The number of nitrogens with one attached hydrogen (secondary N) is 2. The van der Waals surface area contributed by atoms with Crippen molar-refractivity contribution in [2.75, 3.05) is 23.4 Å². The number of hydrogen-bond acceptors (Lipinski definition) is 6. The van der Waals surface area contributed by atoms with Crippen molar-refractivity contribution < 1.29 is 23.9 Å². The molecule has 39 heavy (non-hydrogen) atoms. The van der Waals surface area contributed by atoms with Crippen molar-refractivity contribution in [2.24, 2.45) is 0 Å². The van der Waals surface area contributed by atoms with Gasteiger partial charge in [-0.25, -0.2) is 0 Å². The summed E-state index contributed by atoms with van der Waals surface area (Å²) in [5, 5.41) is 5.40. The van der Waals surface area contributed by atoms with Crippen molar-refractivity contribution in [3.63, 3.8) is 0 Å². The van der Waals surface area contributed by atoms with Gasteiger partial charge in [0, 0.05) is 5.69 Å². The van der Waals surface area contributed by atoms with Crippen LogP contribution in [0, 0.1) is 3.57 Å². The summed E-state index contributed by atoms with van der Waals surface area (Å²) in [6, 6.07) is 19.9. The van der Waals surface area contributed by atoms with E-state index in [1.165, 1.54) is 11.0 Å². The average Bonchev–Trinajstić information content (AvgIpc) is 2.91. The van der Waals surface area contributed by atoms with Crippen molar-refractivity contribution in [1.29, 1.82) is 0 Å². The molecule has 3 aromatic rings. The first kappa shape index (κ1) is 28.2. The Morgan fingerprint density at radius 1 is 1.05 bits per heavy atom. The van der Waals surface area contributed by atoms with Gasteiger partial charge >= 0.3 is 0 Å². The Kier molecular flexibility index (Phi) is 9.31. The van der Waals surface area contributed by atoms with Gasteiger partial charge in [-0.1, -0.05) is 37.3 Å². The molecular formula is C29H26IN3O5S. The molecule has 0 saturated carbocycles. The number of thiocarbonyl (C=S) groups is 1. The fourth-order valence-corrected chi connectivity index (χ4v) is 4.93. The number of anilines is 2. The molecule has 0 atom stereocenters. The van der Waals surface area contributed by atoms with Gasteiger partial charge < -0.3 is 14.8 Å². The second kappa shape index (κ2) is 12.9. The molecule has 1 fully saturated rings. The zero-order valence-electron chi connectivity index (χ0n) is 21.3. The highest BCUT2D eigenvalue weighted by atomic mass is 127. The van der Waals surface area contributed by atoms with Gasteiger partial charge in [0.05, 0.1) is 15.9 Å². The topological polar surface area (TPSA) is 97.0 Å². The zero-order chi connectivity index (χ0) is 27.9. The number of halogens is 1. The normalized spacial score (nSPS) is 14.3. The van der Waals surface area contributed by atoms with Gasteiger partial charge in [0.1, 0.15) is 5.57 Å². The van der Waals surface area contributed by atoms with E-state index in [0.717, 1.165) is 12.0 Å². The number of carbonyl (C=O) groups excluding carboxylic acids is 3. The molecule has 1 heterocycles. The molecule has 2 N–H and O–H groups in total. The predicted molar refractivity (Wildman–Crippen MR) is 163 cm³/mol. The van der Waals surface area contributed by atoms with Crippen LogP contribution in [0.4, 0.5) is 11.4 Å². The monoisotopic (exact) mass is 655 g/mol. The van der Waals surface area contributed by atoms with Crippen LogP contribution in [-0.4, -0.2) is 36.0 Å². The molecule has 8 nitrogen and oxygen atoms in total. The third-order valence-electron chi connectivity index (χ3n) is 5.75. The lowest BCUT2D eigenvalue weighted by Gasteiger charge is -2.29. The molecule has 0 spiro atoms. The standard InChI is InChI=1S/C29H26IN3O5S/c1-3-18-10-12-21(13-11-18)33-28(36)22(27(35)32-29(33)39)14-19-15-23(30)26(24(16-19)37-4-2)38-17-25(34)31-20-8-6-5-7-9-20/h5-16H,3-4,17H2,1-2H3,(H,31,34)(H,32,35,39)/b22-14+. The molecule has 1 saturated heterocycles. The summed E-state index contributed by atoms with van der Waals surface area (Å²) in [4.78, 5) is 39.9. The van der Waals surface area contributed by atoms with Crippen molar-refractivity contribution in [3.05, 3.63) is 87.0 Å². The largest absolute Gasteiger partial charge is 0.490 e. The first-order valence-corrected chi connectivity index (χ1v) is 13.7. The molecule has 10 heteroatoms. The molecule has 0 radical (unpaired) electrons. The van der Waals surface area contributed by atoms with Crippen LogP contribution in [0.3, 0.4) is 0 Å². The number of carbonyl (C=O) groups is 3. The second-order valence-corrected chi connectivity index (χ2v) is 9.99. The molecule has 0 aromatic heterocycles. The highest BCUT2D eigenvalue weighted by Crippen LogP contribution is 2.35. The van der Waals surface area contributed by atoms with E-state index in [1.807, 2.05) is 44.2 Å². The molecule has 0 bridgehead atoms. The Morgan fingerprint density at radius 2 is 1.77 bits per heavy atom. The van der Waals surface area contributed by atoms with Gasteiger partial charge in [0.2, 0.25) is 0 Å². The number of ether oxygens (including phenoxy) is 2. The molecule has 3 aromatic carbocycles. The molecule has 0 aliphatic carbocycles. The summed E-state index contributed by atoms with van der Waals surface area (Å²) in [5.41, 5.74) is 2.83. The van der Waals surface area contributed by atoms with Crippen molar-refractivity contribution >= 4 is 75.1 Å². The van der Waals surface area contributed by atoms with Crippen molar-refractivity contribution in [1.82, 2.24) is 5.32 Å². The number of para-hydroxylation sites is 1. The Balaban J connectivity index is 1.58. The number of hydrogen-bond donors (Lipinski definition) is 2. The van der Waals surface area contributed by atoms with E-state index in [9.17, 15) is 14.4 Å². The van der Waals surface area contributed by atoms with Gasteiger partial charge in [-0.3, -0.25) is 24.6 Å². The summed E-state index contributed by atoms with van der Waals surface area (Å²) in [6.07, 6.45) is 2.35. The highest BCUT2D eigenvalue weighted by Gasteiger charge is 2.34. The van der Waals surface area contributed by atoms with Crippen LogP contribution < -0.4 is 25.0 Å². The van der Waals surface area contributed by atoms with Crippen LogP contribution >= 0.6 is 34.8 Å². The summed E-state index contributed by atoms with van der Waals surface area (Å²) in [6.45, 7) is 3.98. The number of aryl methyl sites for hydroxylation is 1. The predicted octanol–water partition coefficient (Wildman–Crippen LogP) is 5.10. The van der Waals surface area contributed by atoms with E-state index in [2.05, 4.69) is 33.2 Å². The van der Waals surface area contributed by atoms with Crippen LogP contribution in [0.1, 0.15) is 25.0 Å². The first-order chi connectivity index (χ1) is 18.8. The number of nitrogens with zero attached hydrogens (tertiary/aromatic N) is 1. The Bertz CT molecular complexity index is 1440. The number of amides is 3. The lowest BCUT2D eigenvalue weighted by atomic mass is 10.1. The van der Waals surface area contributed by atoms with Crippen molar-refractivity contribution in [3.8, 4) is 11.5 Å². The maximum absolute atomic E-state index is 13.4. The third-order valence-corrected chi connectivity index (χ3v) is 6.84.